The number of pyridine rings is 1. The summed E-state index contributed by atoms with van der Waals surface area (Å²) in [4.78, 5) is 13.1. The van der Waals surface area contributed by atoms with Crippen molar-refractivity contribution >= 4 is 17.8 Å². The molecule has 2 rings (SSSR count). The molecule has 15 heavy (non-hydrogen) atoms. The molecule has 0 saturated heterocycles. The lowest BCUT2D eigenvalue weighted by Crippen LogP contribution is -1.89. The van der Waals surface area contributed by atoms with E-state index in [9.17, 15) is 4.79 Å². The SMILES string of the molecule is CCOC=O.Nc1ccn2ncnc2c1. The van der Waals surface area contributed by atoms with Crippen LogP contribution in [-0.4, -0.2) is 27.7 Å². The first-order valence-corrected chi connectivity index (χ1v) is 4.38. The summed E-state index contributed by atoms with van der Waals surface area (Å²) in [5.41, 5.74) is 6.99. The number of anilines is 1. The zero-order chi connectivity index (χ0) is 11.1. The molecule has 0 aliphatic rings. The van der Waals surface area contributed by atoms with Gasteiger partial charge in [-0.1, -0.05) is 0 Å². The number of hydrogen-bond acceptors (Lipinski definition) is 5. The summed E-state index contributed by atoms with van der Waals surface area (Å²) in [6.07, 6.45) is 3.27. The number of carbonyl (C=O) groups excluding carboxylic acids is 1. The molecule has 0 saturated carbocycles. The molecule has 0 aliphatic carbocycles. The fraction of sp³-hybridized carbons (Fsp3) is 0.222. The Kier molecular flexibility index (Phi) is 4.08. The van der Waals surface area contributed by atoms with Gasteiger partial charge in [-0.2, -0.15) is 5.10 Å². The average Bonchev–Trinajstić information content (AvgIpc) is 2.67. The van der Waals surface area contributed by atoms with Crippen LogP contribution in [0.15, 0.2) is 24.7 Å². The van der Waals surface area contributed by atoms with Gasteiger partial charge in [0, 0.05) is 18.0 Å². The van der Waals surface area contributed by atoms with Gasteiger partial charge in [-0.15, -0.1) is 0 Å². The van der Waals surface area contributed by atoms with Crippen molar-refractivity contribution in [1.82, 2.24) is 14.6 Å². The van der Waals surface area contributed by atoms with Crippen LogP contribution in [0.4, 0.5) is 5.69 Å². The topological polar surface area (TPSA) is 82.5 Å². The number of carbonyl (C=O) groups is 1. The second-order valence-electron chi connectivity index (χ2n) is 2.57. The lowest BCUT2D eigenvalue weighted by atomic mass is 10.4. The van der Waals surface area contributed by atoms with E-state index < -0.39 is 0 Å². The minimum Gasteiger partial charge on any atom is -0.468 e. The fourth-order valence-corrected chi connectivity index (χ4v) is 0.899. The van der Waals surface area contributed by atoms with Crippen LogP contribution in [0, 0.1) is 0 Å². The standard InChI is InChI=1S/C6H6N4.C3H6O2/c7-5-1-2-10-6(3-5)8-4-9-10;1-2-5-3-4/h1-4H,7H2;3H,2H2,1H3. The highest BCUT2D eigenvalue weighted by atomic mass is 16.5. The van der Waals surface area contributed by atoms with Crippen molar-refractivity contribution in [3.8, 4) is 0 Å². The summed E-state index contributed by atoms with van der Waals surface area (Å²) >= 11 is 0. The molecule has 0 aliphatic heterocycles. The molecule has 0 radical (unpaired) electrons. The van der Waals surface area contributed by atoms with Gasteiger partial charge in [-0.25, -0.2) is 9.50 Å². The lowest BCUT2D eigenvalue weighted by Gasteiger charge is -1.91. The quantitative estimate of drug-likeness (QED) is 0.726. The first kappa shape index (κ1) is 11.0. The number of rotatable bonds is 2. The van der Waals surface area contributed by atoms with E-state index in [0.717, 1.165) is 5.65 Å². The number of fused-ring (bicyclic) bond motifs is 1. The third-order valence-electron chi connectivity index (χ3n) is 1.54. The Bertz CT molecular complexity index is 427. The van der Waals surface area contributed by atoms with Gasteiger partial charge in [0.15, 0.2) is 5.65 Å². The molecule has 2 aromatic rings. The minimum absolute atomic E-state index is 0.431. The second-order valence-corrected chi connectivity index (χ2v) is 2.57. The Morgan fingerprint density at radius 3 is 3.07 bits per heavy atom. The maximum absolute atomic E-state index is 9.18. The van der Waals surface area contributed by atoms with Crippen LogP contribution in [0.3, 0.4) is 0 Å². The van der Waals surface area contributed by atoms with Crippen molar-refractivity contribution in [3.63, 3.8) is 0 Å². The summed E-state index contributed by atoms with van der Waals surface area (Å²) in [6, 6.07) is 3.55. The predicted octanol–water partition coefficient (Wildman–Crippen LogP) is 0.491. The summed E-state index contributed by atoms with van der Waals surface area (Å²) in [5.74, 6) is 0. The summed E-state index contributed by atoms with van der Waals surface area (Å²) in [5, 5.41) is 3.91. The maximum Gasteiger partial charge on any atom is 0.293 e. The predicted molar refractivity (Wildman–Crippen MR) is 55.1 cm³/mol. The summed E-state index contributed by atoms with van der Waals surface area (Å²) in [7, 11) is 0. The van der Waals surface area contributed by atoms with E-state index in [2.05, 4.69) is 14.8 Å². The van der Waals surface area contributed by atoms with Crippen LogP contribution in [0.2, 0.25) is 0 Å². The van der Waals surface area contributed by atoms with Gasteiger partial charge in [0.1, 0.15) is 6.33 Å². The minimum atomic E-state index is 0.431. The maximum atomic E-state index is 9.18. The van der Waals surface area contributed by atoms with Crippen molar-refractivity contribution in [1.29, 1.82) is 0 Å². The van der Waals surface area contributed by atoms with Gasteiger partial charge in [0.05, 0.1) is 6.61 Å². The third-order valence-corrected chi connectivity index (χ3v) is 1.54. The van der Waals surface area contributed by atoms with E-state index in [1.165, 1.54) is 6.33 Å². The molecule has 0 fully saturated rings. The number of hydrogen-bond donors (Lipinski definition) is 1. The van der Waals surface area contributed by atoms with E-state index >= 15 is 0 Å². The molecule has 0 atom stereocenters. The Hall–Kier alpha value is -2.11. The van der Waals surface area contributed by atoms with E-state index in [-0.39, 0.29) is 0 Å². The number of nitrogen functional groups attached to an aromatic ring is 1. The van der Waals surface area contributed by atoms with Gasteiger partial charge in [-0.3, -0.25) is 4.79 Å². The monoisotopic (exact) mass is 208 g/mol. The Labute approximate surface area is 86.7 Å². The molecule has 6 nitrogen and oxygen atoms in total. The normalized spacial score (nSPS) is 9.13. The third kappa shape index (κ3) is 3.26. The average molecular weight is 208 g/mol. The van der Waals surface area contributed by atoms with Gasteiger partial charge in [0.2, 0.25) is 0 Å². The van der Waals surface area contributed by atoms with Crippen molar-refractivity contribution in [2.45, 2.75) is 6.92 Å². The Balaban J connectivity index is 0.000000195. The Morgan fingerprint density at radius 2 is 2.47 bits per heavy atom. The van der Waals surface area contributed by atoms with Gasteiger partial charge >= 0.3 is 0 Å². The van der Waals surface area contributed by atoms with E-state index in [4.69, 9.17) is 5.73 Å². The van der Waals surface area contributed by atoms with E-state index in [1.807, 2.05) is 0 Å². The molecule has 0 bridgehead atoms. The Morgan fingerprint density at radius 1 is 1.67 bits per heavy atom. The molecule has 80 valence electrons. The zero-order valence-electron chi connectivity index (χ0n) is 8.33. The van der Waals surface area contributed by atoms with Gasteiger partial charge in [-0.05, 0) is 13.0 Å². The van der Waals surface area contributed by atoms with Crippen molar-refractivity contribution < 1.29 is 9.53 Å². The summed E-state index contributed by atoms with van der Waals surface area (Å²) in [6.45, 7) is 2.66. The molecule has 6 heteroatoms. The van der Waals surface area contributed by atoms with E-state index in [1.54, 1.807) is 29.8 Å². The van der Waals surface area contributed by atoms with Crippen LogP contribution in [-0.2, 0) is 9.53 Å². The van der Waals surface area contributed by atoms with Crippen LogP contribution >= 0.6 is 0 Å². The van der Waals surface area contributed by atoms with Crippen LogP contribution < -0.4 is 5.73 Å². The lowest BCUT2D eigenvalue weighted by molar-refractivity contribution is -0.128. The molecule has 0 amide bonds. The number of nitrogens with zero attached hydrogens (tertiary/aromatic N) is 3. The molecule has 2 N–H and O–H groups in total. The smallest absolute Gasteiger partial charge is 0.293 e. The first-order chi connectivity index (χ1) is 7.27. The van der Waals surface area contributed by atoms with Crippen molar-refractivity contribution in [3.05, 3.63) is 24.7 Å². The largest absolute Gasteiger partial charge is 0.468 e. The van der Waals surface area contributed by atoms with Crippen LogP contribution in [0.1, 0.15) is 6.92 Å². The van der Waals surface area contributed by atoms with E-state index in [0.29, 0.717) is 18.8 Å². The number of aromatic nitrogens is 3. The highest BCUT2D eigenvalue weighted by Crippen LogP contribution is 2.03. The first-order valence-electron chi connectivity index (χ1n) is 4.38. The molecule has 2 heterocycles. The van der Waals surface area contributed by atoms with Gasteiger partial charge in [0.25, 0.3) is 6.47 Å². The number of ether oxygens (including phenoxy) is 1. The molecular weight excluding hydrogens is 196 g/mol. The highest BCUT2D eigenvalue weighted by molar-refractivity contribution is 5.49. The molecule has 0 spiro atoms. The van der Waals surface area contributed by atoms with Crippen molar-refractivity contribution in [2.75, 3.05) is 12.3 Å². The van der Waals surface area contributed by atoms with Crippen molar-refractivity contribution in [2.24, 2.45) is 0 Å². The van der Waals surface area contributed by atoms with Crippen LogP contribution in [0.5, 0.6) is 0 Å². The van der Waals surface area contributed by atoms with Gasteiger partial charge < -0.3 is 10.5 Å². The molecule has 0 aromatic carbocycles. The molecular formula is C9H12N4O2. The van der Waals surface area contributed by atoms with Crippen LogP contribution in [0.25, 0.3) is 5.65 Å². The molecule has 0 unspecified atom stereocenters. The fourth-order valence-electron chi connectivity index (χ4n) is 0.899. The zero-order valence-corrected chi connectivity index (χ0v) is 8.33. The second kappa shape index (κ2) is 5.58. The number of nitrogens with two attached hydrogens (primary N) is 1. The highest BCUT2D eigenvalue weighted by Gasteiger charge is 1.92. The summed E-state index contributed by atoms with van der Waals surface area (Å²) < 4.78 is 5.82. The molecule has 2 aromatic heterocycles.